The molecule has 24 heavy (non-hydrogen) atoms. The second-order valence-corrected chi connectivity index (χ2v) is 6.13. The lowest BCUT2D eigenvalue weighted by Crippen LogP contribution is -2.41. The Kier molecular flexibility index (Phi) is 5.84. The summed E-state index contributed by atoms with van der Waals surface area (Å²) in [6.45, 7) is 2.54. The zero-order valence-corrected chi connectivity index (χ0v) is 14.3. The molecule has 0 saturated carbocycles. The number of aryl methyl sites for hydroxylation is 1. The molecule has 0 radical (unpaired) electrons. The van der Waals surface area contributed by atoms with Gasteiger partial charge in [0.2, 0.25) is 0 Å². The van der Waals surface area contributed by atoms with Crippen molar-refractivity contribution in [2.75, 3.05) is 19.7 Å². The van der Waals surface area contributed by atoms with Crippen LogP contribution < -0.4 is 15.8 Å². The number of thiazole rings is 1. The summed E-state index contributed by atoms with van der Waals surface area (Å²) >= 11 is 1.16. The van der Waals surface area contributed by atoms with Gasteiger partial charge in [0, 0.05) is 5.56 Å². The van der Waals surface area contributed by atoms with Gasteiger partial charge in [-0.2, -0.15) is 0 Å². The molecule has 8 heteroatoms. The normalized spacial score (nSPS) is 11.4. The molecule has 0 unspecified atom stereocenters. The van der Waals surface area contributed by atoms with Crippen molar-refractivity contribution in [2.24, 2.45) is 5.73 Å². The number of rotatable bonds is 7. The van der Waals surface area contributed by atoms with Crippen LogP contribution in [-0.2, 0) is 0 Å². The predicted molar refractivity (Wildman–Crippen MR) is 89.8 cm³/mol. The number of ether oxygens (including phenoxy) is 1. The molecule has 1 amide bonds. The molecule has 2 aromatic rings. The SMILES string of the molecule is CCOc1ccc(-c2nc(C)c(C(=O)NCC(F)(F)CN)s2)cc1. The van der Waals surface area contributed by atoms with E-state index in [1.54, 1.807) is 6.92 Å². The second-order valence-electron chi connectivity index (χ2n) is 5.13. The van der Waals surface area contributed by atoms with Crippen molar-refractivity contribution >= 4 is 17.2 Å². The molecule has 0 spiro atoms. The summed E-state index contributed by atoms with van der Waals surface area (Å²) < 4.78 is 31.6. The monoisotopic (exact) mass is 355 g/mol. The van der Waals surface area contributed by atoms with Crippen molar-refractivity contribution < 1.29 is 18.3 Å². The van der Waals surface area contributed by atoms with Crippen molar-refractivity contribution in [2.45, 2.75) is 19.8 Å². The van der Waals surface area contributed by atoms with Crippen molar-refractivity contribution in [3.63, 3.8) is 0 Å². The highest BCUT2D eigenvalue weighted by molar-refractivity contribution is 7.17. The molecule has 5 nitrogen and oxygen atoms in total. The van der Waals surface area contributed by atoms with Gasteiger partial charge >= 0.3 is 0 Å². The van der Waals surface area contributed by atoms with Crippen molar-refractivity contribution in [3.05, 3.63) is 34.8 Å². The van der Waals surface area contributed by atoms with Crippen molar-refractivity contribution in [1.82, 2.24) is 10.3 Å². The molecule has 130 valence electrons. The van der Waals surface area contributed by atoms with E-state index in [0.717, 1.165) is 22.6 Å². The number of hydrogen-bond acceptors (Lipinski definition) is 5. The van der Waals surface area contributed by atoms with Gasteiger partial charge in [-0.25, -0.2) is 13.8 Å². The fraction of sp³-hybridized carbons (Fsp3) is 0.375. The summed E-state index contributed by atoms with van der Waals surface area (Å²) in [6.07, 6.45) is 0. The largest absolute Gasteiger partial charge is 0.494 e. The first kappa shape index (κ1) is 18.3. The molecule has 0 bridgehead atoms. The zero-order chi connectivity index (χ0) is 17.7. The molecule has 1 aromatic heterocycles. The van der Waals surface area contributed by atoms with E-state index < -0.39 is 24.9 Å². The van der Waals surface area contributed by atoms with Crippen LogP contribution in [0.3, 0.4) is 0 Å². The predicted octanol–water partition coefficient (Wildman–Crippen LogP) is 2.84. The van der Waals surface area contributed by atoms with Crippen molar-refractivity contribution in [1.29, 1.82) is 0 Å². The Labute approximate surface area is 142 Å². The van der Waals surface area contributed by atoms with Gasteiger partial charge in [0.15, 0.2) is 0 Å². The lowest BCUT2D eigenvalue weighted by atomic mass is 10.2. The Bertz CT molecular complexity index is 702. The maximum Gasteiger partial charge on any atom is 0.277 e. The average molecular weight is 355 g/mol. The standard InChI is InChI=1S/C16H19F2N3O2S/c1-3-23-12-6-4-11(5-7-12)15-21-10(2)13(24-15)14(22)20-9-16(17,18)8-19/h4-7H,3,8-9,19H2,1-2H3,(H,20,22). The van der Waals surface area contributed by atoms with Gasteiger partial charge < -0.3 is 15.8 Å². The van der Waals surface area contributed by atoms with Gasteiger partial charge in [0.25, 0.3) is 11.8 Å². The van der Waals surface area contributed by atoms with Gasteiger partial charge in [-0.1, -0.05) is 0 Å². The van der Waals surface area contributed by atoms with E-state index in [4.69, 9.17) is 10.5 Å². The number of benzene rings is 1. The van der Waals surface area contributed by atoms with Crippen LogP contribution in [0.15, 0.2) is 24.3 Å². The number of aromatic nitrogens is 1. The summed E-state index contributed by atoms with van der Waals surface area (Å²) in [4.78, 5) is 16.7. The Morgan fingerprint density at radius 3 is 2.62 bits per heavy atom. The van der Waals surface area contributed by atoms with Gasteiger partial charge in [0.05, 0.1) is 25.4 Å². The zero-order valence-electron chi connectivity index (χ0n) is 13.4. The van der Waals surface area contributed by atoms with Gasteiger partial charge in [0.1, 0.15) is 15.6 Å². The van der Waals surface area contributed by atoms with Crippen LogP contribution in [-0.4, -0.2) is 36.5 Å². The number of nitrogens with two attached hydrogens (primary N) is 1. The van der Waals surface area contributed by atoms with E-state index in [-0.39, 0.29) is 0 Å². The van der Waals surface area contributed by atoms with Crippen LogP contribution in [0.4, 0.5) is 8.78 Å². The summed E-state index contributed by atoms with van der Waals surface area (Å²) in [7, 11) is 0. The van der Waals surface area contributed by atoms with E-state index in [1.165, 1.54) is 0 Å². The smallest absolute Gasteiger partial charge is 0.277 e. The number of carbonyl (C=O) groups excluding carboxylic acids is 1. The van der Waals surface area contributed by atoms with Gasteiger partial charge in [-0.15, -0.1) is 11.3 Å². The van der Waals surface area contributed by atoms with Crippen molar-refractivity contribution in [3.8, 4) is 16.3 Å². The summed E-state index contributed by atoms with van der Waals surface area (Å²) in [5.74, 6) is -2.95. The quantitative estimate of drug-likeness (QED) is 0.801. The van der Waals surface area contributed by atoms with E-state index in [9.17, 15) is 13.6 Å². The van der Waals surface area contributed by atoms with E-state index in [0.29, 0.717) is 22.2 Å². The number of nitrogens with zero attached hydrogens (tertiary/aromatic N) is 1. The fourth-order valence-corrected chi connectivity index (χ4v) is 2.94. The molecule has 2 rings (SSSR count). The molecule has 3 N–H and O–H groups in total. The summed E-state index contributed by atoms with van der Waals surface area (Å²) in [5, 5.41) is 2.85. The molecular formula is C16H19F2N3O2S. The van der Waals surface area contributed by atoms with E-state index >= 15 is 0 Å². The Morgan fingerprint density at radius 1 is 1.38 bits per heavy atom. The third-order valence-electron chi connectivity index (χ3n) is 3.22. The topological polar surface area (TPSA) is 77.2 Å². The van der Waals surface area contributed by atoms with Crippen LogP contribution in [0.25, 0.3) is 10.6 Å². The number of carbonyl (C=O) groups is 1. The lowest BCUT2D eigenvalue weighted by Gasteiger charge is -2.13. The highest BCUT2D eigenvalue weighted by atomic mass is 32.1. The Hall–Kier alpha value is -2.06. The summed E-state index contributed by atoms with van der Waals surface area (Å²) in [6, 6.07) is 7.31. The third kappa shape index (κ3) is 4.48. The Morgan fingerprint density at radius 2 is 2.04 bits per heavy atom. The van der Waals surface area contributed by atoms with E-state index in [1.807, 2.05) is 31.2 Å². The maximum absolute atomic E-state index is 13.1. The minimum absolute atomic E-state index is 0.312. The molecule has 1 heterocycles. The van der Waals surface area contributed by atoms with Crippen LogP contribution in [0.1, 0.15) is 22.3 Å². The van der Waals surface area contributed by atoms with Crippen LogP contribution in [0.2, 0.25) is 0 Å². The molecule has 0 aliphatic rings. The first-order valence-electron chi connectivity index (χ1n) is 7.43. The average Bonchev–Trinajstić information content (AvgIpc) is 2.96. The van der Waals surface area contributed by atoms with Crippen LogP contribution in [0, 0.1) is 6.92 Å². The fourth-order valence-electron chi connectivity index (χ4n) is 1.95. The van der Waals surface area contributed by atoms with E-state index in [2.05, 4.69) is 10.3 Å². The molecule has 0 aliphatic carbocycles. The first-order chi connectivity index (χ1) is 11.4. The molecule has 1 aromatic carbocycles. The number of alkyl halides is 2. The van der Waals surface area contributed by atoms with Gasteiger partial charge in [-0.3, -0.25) is 4.79 Å². The Balaban J connectivity index is 2.13. The summed E-state index contributed by atoms with van der Waals surface area (Å²) in [5.41, 5.74) is 6.28. The molecular weight excluding hydrogens is 336 g/mol. The minimum Gasteiger partial charge on any atom is -0.494 e. The van der Waals surface area contributed by atoms with Gasteiger partial charge in [-0.05, 0) is 38.1 Å². The molecule has 0 fully saturated rings. The number of nitrogens with one attached hydrogen (secondary N) is 1. The van der Waals surface area contributed by atoms with Crippen LogP contribution in [0.5, 0.6) is 5.75 Å². The molecule has 0 saturated heterocycles. The first-order valence-corrected chi connectivity index (χ1v) is 8.24. The van der Waals surface area contributed by atoms with Crippen LogP contribution >= 0.6 is 11.3 Å². The molecule has 0 atom stereocenters. The molecule has 0 aliphatic heterocycles. The highest BCUT2D eigenvalue weighted by Crippen LogP contribution is 2.29. The minimum atomic E-state index is -3.12. The second kappa shape index (κ2) is 7.67. The lowest BCUT2D eigenvalue weighted by molar-refractivity contribution is 0.0119. The maximum atomic E-state index is 13.1. The number of halogens is 2. The number of hydrogen-bond donors (Lipinski definition) is 2. The number of amides is 1. The third-order valence-corrected chi connectivity index (χ3v) is 4.43. The highest BCUT2D eigenvalue weighted by Gasteiger charge is 2.28.